The molecule has 0 saturated carbocycles. The van der Waals surface area contributed by atoms with E-state index in [0.717, 1.165) is 13.2 Å². The molecule has 0 spiro atoms. The summed E-state index contributed by atoms with van der Waals surface area (Å²) < 4.78 is 5.86. The first-order valence-electron chi connectivity index (χ1n) is 5.21. The van der Waals surface area contributed by atoms with Crippen LogP contribution < -0.4 is 5.32 Å². The molecule has 0 radical (unpaired) electrons. The molecule has 2 rings (SSSR count). The van der Waals surface area contributed by atoms with Crippen molar-refractivity contribution in [2.75, 3.05) is 20.2 Å². The van der Waals surface area contributed by atoms with Gasteiger partial charge in [-0.1, -0.05) is 6.07 Å². The van der Waals surface area contributed by atoms with Crippen LogP contribution in [-0.2, 0) is 4.74 Å². The number of rotatable bonds is 3. The van der Waals surface area contributed by atoms with Gasteiger partial charge < -0.3 is 10.1 Å². The van der Waals surface area contributed by atoms with Gasteiger partial charge in [-0.05, 0) is 31.3 Å². The van der Waals surface area contributed by atoms with E-state index in [0.29, 0.717) is 12.0 Å². The summed E-state index contributed by atoms with van der Waals surface area (Å²) in [5, 5.41) is 5.38. The molecule has 1 aromatic heterocycles. The predicted molar refractivity (Wildman–Crippen MR) is 59.7 cm³/mol. The van der Waals surface area contributed by atoms with Crippen LogP contribution in [0.15, 0.2) is 17.5 Å². The van der Waals surface area contributed by atoms with E-state index in [2.05, 4.69) is 22.8 Å². The third kappa shape index (κ3) is 2.16. The minimum absolute atomic E-state index is 0.330. The molecule has 2 nitrogen and oxygen atoms in total. The highest BCUT2D eigenvalue weighted by molar-refractivity contribution is 7.10. The molecular weight excluding hydrogens is 194 g/mol. The van der Waals surface area contributed by atoms with Crippen molar-refractivity contribution < 1.29 is 4.74 Å². The summed E-state index contributed by atoms with van der Waals surface area (Å²) in [7, 11) is 2.01. The molecule has 2 atom stereocenters. The Morgan fingerprint density at radius 1 is 1.64 bits per heavy atom. The Kier molecular flexibility index (Phi) is 3.56. The Hall–Kier alpha value is -0.380. The smallest absolute Gasteiger partial charge is 0.0956 e. The zero-order valence-electron chi connectivity index (χ0n) is 8.53. The van der Waals surface area contributed by atoms with Gasteiger partial charge in [-0.15, -0.1) is 11.3 Å². The first kappa shape index (κ1) is 10.1. The monoisotopic (exact) mass is 211 g/mol. The number of nitrogens with one attached hydrogen (secondary N) is 1. The fraction of sp³-hybridized carbons (Fsp3) is 0.636. The van der Waals surface area contributed by atoms with Crippen LogP contribution in [0.1, 0.15) is 23.8 Å². The van der Waals surface area contributed by atoms with Crippen molar-refractivity contribution >= 4 is 11.3 Å². The van der Waals surface area contributed by atoms with E-state index < -0.39 is 0 Å². The maximum absolute atomic E-state index is 5.86. The lowest BCUT2D eigenvalue weighted by atomic mass is 9.93. The van der Waals surface area contributed by atoms with Crippen molar-refractivity contribution in [1.29, 1.82) is 0 Å². The van der Waals surface area contributed by atoms with Crippen LogP contribution in [0.4, 0.5) is 0 Å². The highest BCUT2D eigenvalue weighted by Crippen LogP contribution is 2.35. The van der Waals surface area contributed by atoms with Crippen LogP contribution in [0, 0.1) is 5.92 Å². The lowest BCUT2D eigenvalue weighted by Crippen LogP contribution is -2.29. The fourth-order valence-corrected chi connectivity index (χ4v) is 2.95. The third-order valence-electron chi connectivity index (χ3n) is 2.73. The van der Waals surface area contributed by atoms with Crippen LogP contribution in [0.3, 0.4) is 0 Å². The number of thiophene rings is 1. The zero-order chi connectivity index (χ0) is 9.80. The molecule has 1 fully saturated rings. The highest BCUT2D eigenvalue weighted by Gasteiger charge is 2.27. The summed E-state index contributed by atoms with van der Waals surface area (Å²) in [5.74, 6) is 0.646. The molecule has 78 valence electrons. The Bertz CT molecular complexity index is 258. The van der Waals surface area contributed by atoms with Crippen molar-refractivity contribution in [1.82, 2.24) is 5.32 Å². The topological polar surface area (TPSA) is 21.3 Å². The molecule has 1 saturated heterocycles. The molecule has 1 aliphatic rings. The van der Waals surface area contributed by atoms with E-state index in [-0.39, 0.29) is 0 Å². The summed E-state index contributed by atoms with van der Waals surface area (Å²) in [4.78, 5) is 1.38. The van der Waals surface area contributed by atoms with Crippen LogP contribution in [-0.4, -0.2) is 20.2 Å². The Morgan fingerprint density at radius 2 is 2.57 bits per heavy atom. The van der Waals surface area contributed by atoms with Gasteiger partial charge in [0.25, 0.3) is 0 Å². The van der Waals surface area contributed by atoms with Crippen molar-refractivity contribution in [2.24, 2.45) is 5.92 Å². The van der Waals surface area contributed by atoms with Crippen molar-refractivity contribution in [3.63, 3.8) is 0 Å². The van der Waals surface area contributed by atoms with E-state index in [1.807, 2.05) is 7.05 Å². The zero-order valence-corrected chi connectivity index (χ0v) is 9.35. The number of hydrogen-bond donors (Lipinski definition) is 1. The summed E-state index contributed by atoms with van der Waals surface area (Å²) in [6.45, 7) is 1.98. The largest absolute Gasteiger partial charge is 0.372 e. The third-order valence-corrected chi connectivity index (χ3v) is 3.67. The van der Waals surface area contributed by atoms with Gasteiger partial charge in [-0.3, -0.25) is 0 Å². The second kappa shape index (κ2) is 4.91. The maximum Gasteiger partial charge on any atom is 0.0956 e. The lowest BCUT2D eigenvalue weighted by Gasteiger charge is -2.31. The average molecular weight is 211 g/mol. The van der Waals surface area contributed by atoms with Crippen molar-refractivity contribution in [2.45, 2.75) is 18.9 Å². The van der Waals surface area contributed by atoms with Crippen molar-refractivity contribution in [3.8, 4) is 0 Å². The molecule has 0 aromatic carbocycles. The van der Waals surface area contributed by atoms with Gasteiger partial charge >= 0.3 is 0 Å². The average Bonchev–Trinajstić information content (AvgIpc) is 2.72. The summed E-state index contributed by atoms with van der Waals surface area (Å²) in [6, 6.07) is 4.29. The predicted octanol–water partition coefficient (Wildman–Crippen LogP) is 2.44. The molecule has 2 heterocycles. The standard InChI is InChI=1S/C11H17NOS/c1-12-8-9-4-2-6-13-11(9)10-5-3-7-14-10/h3,5,7,9,11-12H,2,4,6,8H2,1H3. The van der Waals surface area contributed by atoms with Crippen LogP contribution in [0.25, 0.3) is 0 Å². The molecule has 2 unspecified atom stereocenters. The number of hydrogen-bond acceptors (Lipinski definition) is 3. The first-order valence-corrected chi connectivity index (χ1v) is 6.09. The molecule has 3 heteroatoms. The molecule has 0 amide bonds. The normalized spacial score (nSPS) is 27.8. The molecule has 0 aliphatic carbocycles. The summed E-state index contributed by atoms with van der Waals surface area (Å²) >= 11 is 1.81. The molecule has 1 aromatic rings. The van der Waals surface area contributed by atoms with Gasteiger partial charge in [0, 0.05) is 23.9 Å². The molecule has 1 aliphatic heterocycles. The van der Waals surface area contributed by atoms with Gasteiger partial charge in [-0.25, -0.2) is 0 Å². The first-order chi connectivity index (χ1) is 6.92. The van der Waals surface area contributed by atoms with E-state index in [1.54, 1.807) is 11.3 Å². The SMILES string of the molecule is CNCC1CCCOC1c1cccs1. The fourth-order valence-electron chi connectivity index (χ4n) is 2.08. The maximum atomic E-state index is 5.86. The van der Waals surface area contributed by atoms with Crippen LogP contribution in [0.5, 0.6) is 0 Å². The van der Waals surface area contributed by atoms with Crippen LogP contribution in [0.2, 0.25) is 0 Å². The van der Waals surface area contributed by atoms with Gasteiger partial charge in [0.15, 0.2) is 0 Å². The Labute approximate surface area is 89.3 Å². The van der Waals surface area contributed by atoms with Gasteiger partial charge in [0.05, 0.1) is 6.10 Å². The minimum Gasteiger partial charge on any atom is -0.372 e. The summed E-state index contributed by atoms with van der Waals surface area (Å²) in [5.41, 5.74) is 0. The minimum atomic E-state index is 0.330. The molecule has 14 heavy (non-hydrogen) atoms. The number of ether oxygens (including phenoxy) is 1. The quantitative estimate of drug-likeness (QED) is 0.829. The van der Waals surface area contributed by atoms with Crippen molar-refractivity contribution in [3.05, 3.63) is 22.4 Å². The molecule has 0 bridgehead atoms. The van der Waals surface area contributed by atoms with Crippen LogP contribution >= 0.6 is 11.3 Å². The molecular formula is C11H17NOS. The van der Waals surface area contributed by atoms with Gasteiger partial charge in [0.2, 0.25) is 0 Å². The van der Waals surface area contributed by atoms with E-state index in [9.17, 15) is 0 Å². The Balaban J connectivity index is 2.06. The second-order valence-electron chi connectivity index (χ2n) is 3.77. The molecule has 1 N–H and O–H groups in total. The Morgan fingerprint density at radius 3 is 3.29 bits per heavy atom. The van der Waals surface area contributed by atoms with E-state index >= 15 is 0 Å². The van der Waals surface area contributed by atoms with Gasteiger partial charge in [0.1, 0.15) is 0 Å². The van der Waals surface area contributed by atoms with E-state index in [4.69, 9.17) is 4.74 Å². The summed E-state index contributed by atoms with van der Waals surface area (Å²) in [6.07, 6.45) is 2.81. The van der Waals surface area contributed by atoms with E-state index in [1.165, 1.54) is 17.7 Å². The van der Waals surface area contributed by atoms with Gasteiger partial charge in [-0.2, -0.15) is 0 Å². The second-order valence-corrected chi connectivity index (χ2v) is 4.75. The highest BCUT2D eigenvalue weighted by atomic mass is 32.1. The lowest BCUT2D eigenvalue weighted by molar-refractivity contribution is -0.0250.